The summed E-state index contributed by atoms with van der Waals surface area (Å²) in [5.41, 5.74) is 1.86. The molecule has 1 aliphatic heterocycles. The van der Waals surface area contributed by atoms with Crippen LogP contribution in [-0.2, 0) is 11.2 Å². The molecule has 1 aliphatic rings. The fraction of sp³-hybridized carbons (Fsp3) is 0.360. The van der Waals surface area contributed by atoms with Crippen molar-refractivity contribution < 1.29 is 23.5 Å². The lowest BCUT2D eigenvalue weighted by atomic mass is 9.90. The summed E-state index contributed by atoms with van der Waals surface area (Å²) >= 11 is 0. The number of H-pyrrole nitrogens is 1. The molecule has 0 aliphatic carbocycles. The van der Waals surface area contributed by atoms with Crippen molar-refractivity contribution in [3.05, 3.63) is 59.2 Å². The third-order valence-electron chi connectivity index (χ3n) is 6.23. The Labute approximate surface area is 196 Å². The summed E-state index contributed by atoms with van der Waals surface area (Å²) in [6.07, 6.45) is 4.01. The van der Waals surface area contributed by atoms with Crippen molar-refractivity contribution in [3.63, 3.8) is 0 Å². The van der Waals surface area contributed by atoms with E-state index in [2.05, 4.69) is 9.97 Å². The van der Waals surface area contributed by atoms with E-state index in [9.17, 15) is 18.8 Å². The van der Waals surface area contributed by atoms with E-state index in [1.807, 2.05) is 0 Å². The minimum absolute atomic E-state index is 0.0934. The third-order valence-corrected chi connectivity index (χ3v) is 6.23. The van der Waals surface area contributed by atoms with Crippen molar-refractivity contribution in [2.24, 2.45) is 5.92 Å². The van der Waals surface area contributed by atoms with E-state index in [1.54, 1.807) is 23.1 Å². The first-order valence-electron chi connectivity index (χ1n) is 11.1. The molecule has 0 unspecified atom stereocenters. The van der Waals surface area contributed by atoms with Crippen LogP contribution in [0.5, 0.6) is 5.88 Å². The molecule has 0 radical (unpaired) electrons. The van der Waals surface area contributed by atoms with Gasteiger partial charge in [-0.05, 0) is 48.9 Å². The second-order valence-corrected chi connectivity index (χ2v) is 8.74. The first kappa shape index (κ1) is 23.4. The SMILES string of the molecule is COc1nc2c[nH]c(C(=O)C(=O)N(C)C)c2cc1C(=O)N1CCC(Cc2ccc(F)cc2)CC1. The van der Waals surface area contributed by atoms with Crippen LogP contribution in [0.25, 0.3) is 10.9 Å². The Kier molecular flexibility index (Phi) is 6.63. The van der Waals surface area contributed by atoms with Gasteiger partial charge in [-0.1, -0.05) is 12.1 Å². The number of pyridine rings is 1. The molecule has 2 amide bonds. The quantitative estimate of drug-likeness (QED) is 0.445. The van der Waals surface area contributed by atoms with E-state index < -0.39 is 11.7 Å². The van der Waals surface area contributed by atoms with Crippen molar-refractivity contribution in [3.8, 4) is 5.88 Å². The minimum Gasteiger partial charge on any atom is -0.480 e. The highest BCUT2D eigenvalue weighted by Gasteiger charge is 2.29. The van der Waals surface area contributed by atoms with Crippen LogP contribution in [0, 0.1) is 11.7 Å². The average molecular weight is 467 g/mol. The molecule has 178 valence electrons. The van der Waals surface area contributed by atoms with E-state index in [0.717, 1.165) is 24.8 Å². The predicted molar refractivity (Wildman–Crippen MR) is 124 cm³/mol. The zero-order valence-corrected chi connectivity index (χ0v) is 19.4. The number of Topliss-reactive ketones (excluding diaryl/α,β-unsaturated/α-hetero) is 1. The Morgan fingerprint density at radius 3 is 2.47 bits per heavy atom. The minimum atomic E-state index is -0.702. The monoisotopic (exact) mass is 466 g/mol. The van der Waals surface area contributed by atoms with Crippen LogP contribution in [0.1, 0.15) is 39.3 Å². The fourth-order valence-corrected chi connectivity index (χ4v) is 4.31. The molecule has 0 saturated carbocycles. The number of rotatable bonds is 6. The number of hydrogen-bond acceptors (Lipinski definition) is 5. The zero-order chi connectivity index (χ0) is 24.4. The maximum Gasteiger partial charge on any atom is 0.296 e. The molecular formula is C25H27FN4O4. The highest BCUT2D eigenvalue weighted by Crippen LogP contribution is 2.29. The maximum atomic E-state index is 13.4. The standard InChI is InChI=1S/C25H27FN4O4/c1-29(2)25(33)22(31)21-18-13-19(23(34-3)28-20(18)14-27-21)24(32)30-10-8-16(9-11-30)12-15-4-6-17(26)7-5-15/h4-7,13-14,16,27H,8-12H2,1-3H3. The predicted octanol–water partition coefficient (Wildman–Crippen LogP) is 3.08. The second kappa shape index (κ2) is 9.62. The number of nitrogens with zero attached hydrogens (tertiary/aromatic N) is 3. The normalized spacial score (nSPS) is 14.3. The number of methoxy groups -OCH3 is 1. The van der Waals surface area contributed by atoms with E-state index in [-0.39, 0.29) is 28.9 Å². The number of nitrogens with one attached hydrogen (secondary N) is 1. The summed E-state index contributed by atoms with van der Waals surface area (Å²) < 4.78 is 18.5. The van der Waals surface area contributed by atoms with E-state index in [4.69, 9.17) is 4.74 Å². The van der Waals surface area contributed by atoms with Crippen LogP contribution in [-0.4, -0.2) is 71.7 Å². The van der Waals surface area contributed by atoms with Crippen LogP contribution in [0.3, 0.4) is 0 Å². The number of ketones is 1. The van der Waals surface area contributed by atoms with Gasteiger partial charge >= 0.3 is 0 Å². The van der Waals surface area contributed by atoms with Crippen LogP contribution >= 0.6 is 0 Å². The van der Waals surface area contributed by atoms with Gasteiger partial charge in [0.05, 0.1) is 12.6 Å². The first-order chi connectivity index (χ1) is 16.3. The summed E-state index contributed by atoms with van der Waals surface area (Å²) in [6, 6.07) is 8.11. The molecule has 1 N–H and O–H groups in total. The van der Waals surface area contributed by atoms with Crippen molar-refractivity contribution in [2.45, 2.75) is 19.3 Å². The lowest BCUT2D eigenvalue weighted by Gasteiger charge is -2.32. The molecule has 3 heterocycles. The molecule has 4 rings (SSSR count). The molecular weight excluding hydrogens is 439 g/mol. The van der Waals surface area contributed by atoms with Gasteiger partial charge in [0.2, 0.25) is 5.88 Å². The molecule has 1 saturated heterocycles. The molecule has 9 heteroatoms. The Hall–Kier alpha value is -3.75. The smallest absolute Gasteiger partial charge is 0.296 e. The highest BCUT2D eigenvalue weighted by atomic mass is 19.1. The molecule has 1 fully saturated rings. The van der Waals surface area contributed by atoms with Gasteiger partial charge in [0.25, 0.3) is 17.6 Å². The number of carbonyl (C=O) groups is 3. The average Bonchev–Trinajstić information content (AvgIpc) is 3.26. The number of halogens is 1. The fourth-order valence-electron chi connectivity index (χ4n) is 4.31. The molecule has 0 spiro atoms. The number of amides is 2. The van der Waals surface area contributed by atoms with Gasteiger partial charge in [0.1, 0.15) is 17.1 Å². The van der Waals surface area contributed by atoms with Gasteiger partial charge in [-0.3, -0.25) is 14.4 Å². The first-order valence-corrected chi connectivity index (χ1v) is 11.1. The van der Waals surface area contributed by atoms with Crippen LogP contribution < -0.4 is 4.74 Å². The molecule has 34 heavy (non-hydrogen) atoms. The summed E-state index contributed by atoms with van der Waals surface area (Å²) in [5.74, 6) is -1.28. The summed E-state index contributed by atoms with van der Waals surface area (Å²) in [5, 5.41) is 0.399. The van der Waals surface area contributed by atoms with Crippen molar-refractivity contribution in [1.29, 1.82) is 0 Å². The number of aromatic nitrogens is 2. The third kappa shape index (κ3) is 4.64. The highest BCUT2D eigenvalue weighted by molar-refractivity contribution is 6.44. The van der Waals surface area contributed by atoms with Gasteiger partial charge in [0, 0.05) is 38.8 Å². The molecule has 3 aromatic rings. The van der Waals surface area contributed by atoms with Gasteiger partial charge in [0.15, 0.2) is 0 Å². The molecule has 8 nitrogen and oxygen atoms in total. The lowest BCUT2D eigenvalue weighted by Crippen LogP contribution is -2.39. The van der Waals surface area contributed by atoms with Crippen molar-refractivity contribution in [1.82, 2.24) is 19.8 Å². The topological polar surface area (TPSA) is 95.6 Å². The van der Waals surface area contributed by atoms with Crippen LogP contribution in [0.15, 0.2) is 36.5 Å². The molecule has 1 aromatic carbocycles. The van der Waals surface area contributed by atoms with E-state index >= 15 is 0 Å². The van der Waals surface area contributed by atoms with Crippen LogP contribution in [0.2, 0.25) is 0 Å². The number of hydrogen-bond donors (Lipinski definition) is 1. The number of likely N-dealkylation sites (tertiary alicyclic amines) is 1. The van der Waals surface area contributed by atoms with E-state index in [1.165, 1.54) is 44.4 Å². The number of benzene rings is 1. The number of likely N-dealkylation sites (N-methyl/N-ethyl adjacent to an activating group) is 1. The summed E-state index contributed by atoms with van der Waals surface area (Å²) in [7, 11) is 4.44. The van der Waals surface area contributed by atoms with E-state index in [0.29, 0.717) is 29.9 Å². The van der Waals surface area contributed by atoms with Gasteiger partial charge in [-0.25, -0.2) is 9.37 Å². The molecule has 2 aromatic heterocycles. The number of carbonyl (C=O) groups excluding carboxylic acids is 3. The van der Waals surface area contributed by atoms with Gasteiger partial charge in [-0.15, -0.1) is 0 Å². The van der Waals surface area contributed by atoms with Crippen molar-refractivity contribution in [2.75, 3.05) is 34.3 Å². The molecule has 0 atom stereocenters. The summed E-state index contributed by atoms with van der Waals surface area (Å²) in [6.45, 7) is 1.15. The Balaban J connectivity index is 1.52. The number of piperidine rings is 1. The Morgan fingerprint density at radius 2 is 1.85 bits per heavy atom. The summed E-state index contributed by atoms with van der Waals surface area (Å²) in [4.78, 5) is 48.3. The second-order valence-electron chi connectivity index (χ2n) is 8.74. The van der Waals surface area contributed by atoms with Gasteiger partial charge in [-0.2, -0.15) is 0 Å². The van der Waals surface area contributed by atoms with Gasteiger partial charge < -0.3 is 19.5 Å². The zero-order valence-electron chi connectivity index (χ0n) is 19.4. The van der Waals surface area contributed by atoms with Crippen molar-refractivity contribution >= 4 is 28.5 Å². The van der Waals surface area contributed by atoms with Crippen LogP contribution in [0.4, 0.5) is 4.39 Å². The molecule has 0 bridgehead atoms. The Bertz CT molecular complexity index is 1230. The number of ether oxygens (including phenoxy) is 1. The number of fused-ring (bicyclic) bond motifs is 1. The Morgan fingerprint density at radius 1 is 1.18 bits per heavy atom. The maximum absolute atomic E-state index is 13.4. The lowest BCUT2D eigenvalue weighted by molar-refractivity contribution is -0.124. The largest absolute Gasteiger partial charge is 0.480 e. The number of aromatic amines is 1.